The minimum Gasteiger partial charge on any atom is -0.507 e. The van der Waals surface area contributed by atoms with E-state index in [-0.39, 0.29) is 16.8 Å². The number of phenolic OH excluding ortho intramolecular Hbond substituents is 1. The maximum absolute atomic E-state index is 10.5. The number of aromatic nitrogens is 5. The monoisotopic (exact) mass is 420 g/mol. The number of aromatic hydroxyl groups is 1. The van der Waals surface area contributed by atoms with Crippen LogP contribution in [0, 0.1) is 6.92 Å². The van der Waals surface area contributed by atoms with E-state index in [1.165, 1.54) is 12.8 Å². The molecule has 1 aliphatic carbocycles. The second-order valence-corrected chi connectivity index (χ2v) is 10.7. The lowest BCUT2D eigenvalue weighted by Gasteiger charge is -2.42. The van der Waals surface area contributed by atoms with Gasteiger partial charge in [0, 0.05) is 28.7 Å². The van der Waals surface area contributed by atoms with Crippen molar-refractivity contribution in [3.63, 3.8) is 0 Å². The molecule has 2 fully saturated rings. The Morgan fingerprint density at radius 1 is 1.13 bits per heavy atom. The fraction of sp³-hybridized carbons (Fsp3) is 0.455. The van der Waals surface area contributed by atoms with Gasteiger partial charge >= 0.3 is 0 Å². The fourth-order valence-electron chi connectivity index (χ4n) is 5.12. The minimum atomic E-state index is 0.0947. The van der Waals surface area contributed by atoms with Gasteiger partial charge in [-0.3, -0.25) is 0 Å². The van der Waals surface area contributed by atoms with Gasteiger partial charge < -0.3 is 15.0 Å². The van der Waals surface area contributed by atoms with Crippen molar-refractivity contribution < 1.29 is 5.11 Å². The van der Waals surface area contributed by atoms with Crippen molar-refractivity contribution in [3.8, 4) is 17.0 Å². The Morgan fingerprint density at radius 2 is 1.97 bits per heavy atom. The van der Waals surface area contributed by atoms with Gasteiger partial charge in [0.1, 0.15) is 11.3 Å². The van der Waals surface area contributed by atoms with Crippen molar-refractivity contribution in [2.45, 2.75) is 63.6 Å². The molecule has 4 heterocycles. The van der Waals surface area contributed by atoms with Gasteiger partial charge in [-0.25, -0.2) is 9.97 Å². The topological polar surface area (TPSA) is 88.8 Å². The molecule has 2 N–H and O–H groups in total. The standard InChI is InChI=1S/C22H24N6OS/c1-12-24-16-8-18(29)14(6-19(16)30-12)15-7-17-20(26-25-15)28(11-23-17)13-9-21(2,3)27-22(10-13)4-5-22/h6-8,11,13,27,29H,4-5,9-10H2,1-3H3/t13-/m0/s1. The highest BCUT2D eigenvalue weighted by atomic mass is 32.1. The van der Waals surface area contributed by atoms with Crippen molar-refractivity contribution in [1.29, 1.82) is 0 Å². The molecule has 1 saturated carbocycles. The molecule has 1 saturated heterocycles. The van der Waals surface area contributed by atoms with Crippen LogP contribution in [0.4, 0.5) is 0 Å². The highest BCUT2D eigenvalue weighted by Gasteiger charge is 2.51. The van der Waals surface area contributed by atoms with Crippen LogP contribution in [0.2, 0.25) is 0 Å². The highest BCUT2D eigenvalue weighted by Crippen LogP contribution is 2.49. The smallest absolute Gasteiger partial charge is 0.182 e. The summed E-state index contributed by atoms with van der Waals surface area (Å²) >= 11 is 1.61. The molecule has 1 aliphatic heterocycles. The van der Waals surface area contributed by atoms with Crippen LogP contribution in [0.3, 0.4) is 0 Å². The van der Waals surface area contributed by atoms with Gasteiger partial charge in [-0.15, -0.1) is 21.5 Å². The quantitative estimate of drug-likeness (QED) is 0.501. The van der Waals surface area contributed by atoms with E-state index < -0.39 is 0 Å². The van der Waals surface area contributed by atoms with Crippen molar-refractivity contribution in [2.75, 3.05) is 0 Å². The molecule has 8 heteroatoms. The molecule has 0 amide bonds. The van der Waals surface area contributed by atoms with E-state index in [1.54, 1.807) is 17.4 Å². The predicted molar refractivity (Wildman–Crippen MR) is 118 cm³/mol. The van der Waals surface area contributed by atoms with E-state index in [1.807, 2.05) is 25.4 Å². The summed E-state index contributed by atoms with van der Waals surface area (Å²) in [6.45, 7) is 6.53. The Labute approximate surface area is 178 Å². The largest absolute Gasteiger partial charge is 0.507 e. The SMILES string of the molecule is Cc1nc2cc(O)c(-c3cc4ncn([C@H]5CC(C)(C)NC6(CC6)C5)c4nn3)cc2s1. The molecule has 3 aromatic heterocycles. The zero-order chi connectivity index (χ0) is 20.7. The van der Waals surface area contributed by atoms with E-state index in [0.29, 0.717) is 17.3 Å². The molecule has 30 heavy (non-hydrogen) atoms. The number of rotatable bonds is 2. The number of aryl methyl sites for hydroxylation is 1. The number of benzene rings is 1. The van der Waals surface area contributed by atoms with Crippen LogP contribution in [0.5, 0.6) is 5.75 Å². The maximum Gasteiger partial charge on any atom is 0.182 e. The molecule has 6 rings (SSSR count). The number of piperidine rings is 1. The van der Waals surface area contributed by atoms with Gasteiger partial charge in [0.05, 0.1) is 27.2 Å². The highest BCUT2D eigenvalue weighted by molar-refractivity contribution is 7.18. The Hall–Kier alpha value is -2.58. The molecule has 7 nitrogen and oxygen atoms in total. The van der Waals surface area contributed by atoms with Gasteiger partial charge in [0.15, 0.2) is 5.65 Å². The van der Waals surface area contributed by atoms with Crippen LogP contribution in [0.15, 0.2) is 24.5 Å². The van der Waals surface area contributed by atoms with Gasteiger partial charge in [-0.2, -0.15) is 0 Å². The number of hydrogen-bond donors (Lipinski definition) is 2. The summed E-state index contributed by atoms with van der Waals surface area (Å²) in [5.74, 6) is 0.164. The van der Waals surface area contributed by atoms with Crippen LogP contribution in [-0.2, 0) is 0 Å². The first-order chi connectivity index (χ1) is 14.3. The van der Waals surface area contributed by atoms with E-state index >= 15 is 0 Å². The van der Waals surface area contributed by atoms with Crippen molar-refractivity contribution in [3.05, 3.63) is 29.5 Å². The van der Waals surface area contributed by atoms with E-state index in [9.17, 15) is 5.11 Å². The number of imidazole rings is 1. The van der Waals surface area contributed by atoms with Crippen LogP contribution in [0.1, 0.15) is 50.6 Å². The second-order valence-electron chi connectivity index (χ2n) is 9.51. The van der Waals surface area contributed by atoms with Gasteiger partial charge in [-0.1, -0.05) is 0 Å². The molecule has 2 aliphatic rings. The fourth-order valence-corrected chi connectivity index (χ4v) is 5.97. The Kier molecular flexibility index (Phi) is 3.63. The molecular weight excluding hydrogens is 396 g/mol. The van der Waals surface area contributed by atoms with Crippen molar-refractivity contribution in [2.24, 2.45) is 0 Å². The molecule has 154 valence electrons. The Bertz CT molecular complexity index is 1300. The van der Waals surface area contributed by atoms with E-state index in [4.69, 9.17) is 0 Å². The predicted octanol–water partition coefficient (Wildman–Crippen LogP) is 4.35. The third-order valence-electron chi connectivity index (χ3n) is 6.43. The lowest BCUT2D eigenvalue weighted by Crippen LogP contribution is -2.54. The lowest BCUT2D eigenvalue weighted by molar-refractivity contribution is 0.172. The first-order valence-electron chi connectivity index (χ1n) is 10.4. The summed E-state index contributed by atoms with van der Waals surface area (Å²) in [7, 11) is 0. The van der Waals surface area contributed by atoms with E-state index in [0.717, 1.165) is 39.2 Å². The molecule has 1 atom stereocenters. The molecule has 1 aromatic carbocycles. The van der Waals surface area contributed by atoms with Gasteiger partial charge in [0.25, 0.3) is 0 Å². The zero-order valence-electron chi connectivity index (χ0n) is 17.3. The summed E-state index contributed by atoms with van der Waals surface area (Å²) in [5, 5.41) is 24.4. The number of nitrogens with one attached hydrogen (secondary N) is 1. The Balaban J connectivity index is 1.40. The zero-order valence-corrected chi connectivity index (χ0v) is 18.1. The van der Waals surface area contributed by atoms with Crippen LogP contribution in [0.25, 0.3) is 32.6 Å². The lowest BCUT2D eigenvalue weighted by atomic mass is 9.84. The number of phenols is 1. The van der Waals surface area contributed by atoms with E-state index in [2.05, 4.69) is 43.9 Å². The normalized spacial score (nSPS) is 22.2. The van der Waals surface area contributed by atoms with Crippen molar-refractivity contribution in [1.82, 2.24) is 30.0 Å². The van der Waals surface area contributed by atoms with Crippen LogP contribution < -0.4 is 5.32 Å². The van der Waals surface area contributed by atoms with Crippen molar-refractivity contribution >= 4 is 32.7 Å². The summed E-state index contributed by atoms with van der Waals surface area (Å²) < 4.78 is 3.23. The van der Waals surface area contributed by atoms with Gasteiger partial charge in [0.2, 0.25) is 0 Å². The summed E-state index contributed by atoms with van der Waals surface area (Å²) in [4.78, 5) is 9.08. The summed E-state index contributed by atoms with van der Waals surface area (Å²) in [5.41, 5.74) is 4.09. The Morgan fingerprint density at radius 3 is 2.77 bits per heavy atom. The number of hydrogen-bond acceptors (Lipinski definition) is 7. The first kappa shape index (κ1) is 18.2. The van der Waals surface area contributed by atoms with Crippen LogP contribution >= 0.6 is 11.3 Å². The number of thiazole rings is 1. The maximum atomic E-state index is 10.5. The third-order valence-corrected chi connectivity index (χ3v) is 7.37. The second kappa shape index (κ2) is 5.98. The molecular formula is C22H24N6OS. The molecule has 4 aromatic rings. The van der Waals surface area contributed by atoms with Crippen LogP contribution in [-0.4, -0.2) is 40.9 Å². The van der Waals surface area contributed by atoms with Gasteiger partial charge in [-0.05, 0) is 58.6 Å². The summed E-state index contributed by atoms with van der Waals surface area (Å²) in [6, 6.07) is 5.92. The number of nitrogens with zero attached hydrogens (tertiary/aromatic N) is 5. The average Bonchev–Trinajstić information content (AvgIpc) is 3.10. The minimum absolute atomic E-state index is 0.0947. The molecule has 0 radical (unpaired) electrons. The average molecular weight is 421 g/mol. The number of fused-ring (bicyclic) bond motifs is 2. The molecule has 0 unspecified atom stereocenters. The molecule has 0 bridgehead atoms. The first-order valence-corrected chi connectivity index (χ1v) is 11.2. The molecule has 1 spiro atoms. The third kappa shape index (κ3) is 2.89. The summed E-state index contributed by atoms with van der Waals surface area (Å²) in [6.07, 6.45) is 6.53.